The minimum atomic E-state index is -0.262. The Bertz CT molecular complexity index is 304. The van der Waals surface area contributed by atoms with Gasteiger partial charge in [-0.25, -0.2) is 4.39 Å². The highest BCUT2D eigenvalue weighted by Crippen LogP contribution is 2.14. The van der Waals surface area contributed by atoms with E-state index in [4.69, 9.17) is 0 Å². The van der Waals surface area contributed by atoms with Gasteiger partial charge in [0.2, 0.25) is 0 Å². The zero-order chi connectivity index (χ0) is 9.68. The van der Waals surface area contributed by atoms with Crippen LogP contribution in [-0.4, -0.2) is 12.8 Å². The fourth-order valence-electron chi connectivity index (χ4n) is 0.945. The maximum atomic E-state index is 13.0. The molecule has 1 rings (SSSR count). The summed E-state index contributed by atoms with van der Waals surface area (Å²) >= 11 is 3.24. The molecular weight excluding hydrogens is 237 g/mol. The Morgan fingerprint density at radius 3 is 3.00 bits per heavy atom. The molecule has 0 bridgehead atoms. The van der Waals surface area contributed by atoms with Crippen LogP contribution in [0.4, 0.5) is 4.39 Å². The standard InChI is InChI=1S/C9H9BrFNO/c10-8-1-2-9(11)7(5-8)6-12-3-4-13/h1-2,4-5,12H,3,6H2. The van der Waals surface area contributed by atoms with E-state index in [1.165, 1.54) is 6.07 Å². The zero-order valence-electron chi connectivity index (χ0n) is 6.89. The molecule has 0 saturated carbocycles. The number of aldehydes is 1. The van der Waals surface area contributed by atoms with Crippen LogP contribution in [0.25, 0.3) is 0 Å². The van der Waals surface area contributed by atoms with Crippen LogP contribution in [0.15, 0.2) is 22.7 Å². The SMILES string of the molecule is O=CCNCc1cc(Br)ccc1F. The molecule has 0 aliphatic rings. The first-order valence-electron chi connectivity index (χ1n) is 3.82. The van der Waals surface area contributed by atoms with E-state index in [1.807, 2.05) is 0 Å². The van der Waals surface area contributed by atoms with Crippen molar-refractivity contribution in [3.8, 4) is 0 Å². The summed E-state index contributed by atoms with van der Waals surface area (Å²) in [6.07, 6.45) is 0.746. The summed E-state index contributed by atoms with van der Waals surface area (Å²) in [5.41, 5.74) is 0.552. The molecule has 0 aliphatic heterocycles. The molecule has 0 aliphatic carbocycles. The second kappa shape index (κ2) is 5.09. The van der Waals surface area contributed by atoms with Gasteiger partial charge in [-0.05, 0) is 18.2 Å². The molecule has 0 amide bonds. The fraction of sp³-hybridized carbons (Fsp3) is 0.222. The Labute approximate surface area is 84.3 Å². The van der Waals surface area contributed by atoms with Crippen LogP contribution in [0.2, 0.25) is 0 Å². The summed E-state index contributed by atoms with van der Waals surface area (Å²) in [6.45, 7) is 0.607. The van der Waals surface area contributed by atoms with Crippen LogP contribution >= 0.6 is 15.9 Å². The van der Waals surface area contributed by atoms with E-state index in [0.29, 0.717) is 12.1 Å². The summed E-state index contributed by atoms with van der Waals surface area (Å²) in [5, 5.41) is 2.79. The van der Waals surface area contributed by atoms with Crippen molar-refractivity contribution in [2.24, 2.45) is 0 Å². The average molecular weight is 246 g/mol. The van der Waals surface area contributed by atoms with Crippen molar-refractivity contribution in [1.82, 2.24) is 5.32 Å². The van der Waals surface area contributed by atoms with Gasteiger partial charge in [-0.3, -0.25) is 0 Å². The number of rotatable bonds is 4. The van der Waals surface area contributed by atoms with Crippen LogP contribution in [-0.2, 0) is 11.3 Å². The van der Waals surface area contributed by atoms with Crippen molar-refractivity contribution in [2.75, 3.05) is 6.54 Å². The zero-order valence-corrected chi connectivity index (χ0v) is 8.47. The first-order chi connectivity index (χ1) is 6.24. The maximum absolute atomic E-state index is 13.0. The summed E-state index contributed by atoms with van der Waals surface area (Å²) in [6, 6.07) is 4.72. The molecule has 0 atom stereocenters. The number of halogens is 2. The van der Waals surface area contributed by atoms with Gasteiger partial charge in [0.05, 0.1) is 6.54 Å². The van der Waals surface area contributed by atoms with Gasteiger partial charge in [-0.2, -0.15) is 0 Å². The molecule has 0 radical (unpaired) electrons. The van der Waals surface area contributed by atoms with Gasteiger partial charge in [0.1, 0.15) is 12.1 Å². The Kier molecular flexibility index (Phi) is 4.05. The van der Waals surface area contributed by atoms with E-state index >= 15 is 0 Å². The van der Waals surface area contributed by atoms with Gasteiger partial charge in [-0.1, -0.05) is 15.9 Å². The lowest BCUT2D eigenvalue weighted by atomic mass is 10.2. The van der Waals surface area contributed by atoms with Gasteiger partial charge >= 0.3 is 0 Å². The third kappa shape index (κ3) is 3.24. The van der Waals surface area contributed by atoms with Crippen molar-refractivity contribution in [3.63, 3.8) is 0 Å². The summed E-state index contributed by atoms with van der Waals surface area (Å²) in [7, 11) is 0. The van der Waals surface area contributed by atoms with E-state index in [9.17, 15) is 9.18 Å². The van der Waals surface area contributed by atoms with Crippen LogP contribution in [0.5, 0.6) is 0 Å². The lowest BCUT2D eigenvalue weighted by molar-refractivity contribution is -0.107. The molecular formula is C9H9BrFNO. The predicted octanol–water partition coefficient (Wildman–Crippen LogP) is 1.88. The largest absolute Gasteiger partial charge is 0.306 e. The normalized spacial score (nSPS) is 10.0. The molecule has 2 nitrogen and oxygen atoms in total. The second-order valence-electron chi connectivity index (χ2n) is 2.53. The molecule has 13 heavy (non-hydrogen) atoms. The van der Waals surface area contributed by atoms with E-state index in [0.717, 1.165) is 10.8 Å². The second-order valence-corrected chi connectivity index (χ2v) is 3.45. The molecule has 0 fully saturated rings. The maximum Gasteiger partial charge on any atom is 0.133 e. The van der Waals surface area contributed by atoms with E-state index in [1.54, 1.807) is 12.1 Å². The van der Waals surface area contributed by atoms with Crippen LogP contribution in [0.1, 0.15) is 5.56 Å². The van der Waals surface area contributed by atoms with Gasteiger partial charge in [-0.15, -0.1) is 0 Å². The molecule has 1 N–H and O–H groups in total. The van der Waals surface area contributed by atoms with E-state index in [-0.39, 0.29) is 12.4 Å². The molecule has 0 aromatic heterocycles. The molecule has 0 saturated heterocycles. The summed E-state index contributed by atoms with van der Waals surface area (Å²) < 4.78 is 13.9. The summed E-state index contributed by atoms with van der Waals surface area (Å²) in [4.78, 5) is 9.98. The average Bonchev–Trinajstić information content (AvgIpc) is 2.11. The number of carbonyl (C=O) groups excluding carboxylic acids is 1. The van der Waals surface area contributed by atoms with Gasteiger partial charge < -0.3 is 10.1 Å². The Hall–Kier alpha value is -0.740. The molecule has 1 aromatic rings. The highest BCUT2D eigenvalue weighted by Gasteiger charge is 2.01. The monoisotopic (exact) mass is 245 g/mol. The molecule has 1 aromatic carbocycles. The Morgan fingerprint density at radius 1 is 1.54 bits per heavy atom. The van der Waals surface area contributed by atoms with E-state index in [2.05, 4.69) is 21.2 Å². The smallest absolute Gasteiger partial charge is 0.133 e. The minimum Gasteiger partial charge on any atom is -0.306 e. The van der Waals surface area contributed by atoms with Gasteiger partial charge in [0.15, 0.2) is 0 Å². The van der Waals surface area contributed by atoms with E-state index < -0.39 is 0 Å². The Balaban J connectivity index is 2.64. The number of hydrogen-bond acceptors (Lipinski definition) is 2. The number of benzene rings is 1. The number of carbonyl (C=O) groups is 1. The van der Waals surface area contributed by atoms with Crippen molar-refractivity contribution < 1.29 is 9.18 Å². The van der Waals surface area contributed by atoms with Gasteiger partial charge in [0, 0.05) is 16.6 Å². The summed E-state index contributed by atoms with van der Waals surface area (Å²) in [5.74, 6) is -0.262. The lowest BCUT2D eigenvalue weighted by Crippen LogP contribution is -2.16. The molecule has 0 heterocycles. The minimum absolute atomic E-state index is 0.242. The number of nitrogens with one attached hydrogen (secondary N) is 1. The molecule has 70 valence electrons. The topological polar surface area (TPSA) is 29.1 Å². The quantitative estimate of drug-likeness (QED) is 0.649. The first-order valence-corrected chi connectivity index (χ1v) is 4.61. The third-order valence-electron chi connectivity index (χ3n) is 1.55. The highest BCUT2D eigenvalue weighted by molar-refractivity contribution is 9.10. The van der Waals surface area contributed by atoms with Crippen molar-refractivity contribution in [1.29, 1.82) is 0 Å². The van der Waals surface area contributed by atoms with Crippen molar-refractivity contribution in [2.45, 2.75) is 6.54 Å². The number of hydrogen-bond donors (Lipinski definition) is 1. The van der Waals surface area contributed by atoms with Crippen LogP contribution < -0.4 is 5.32 Å². The first kappa shape index (κ1) is 10.3. The van der Waals surface area contributed by atoms with Gasteiger partial charge in [0.25, 0.3) is 0 Å². The molecule has 0 spiro atoms. The van der Waals surface area contributed by atoms with Crippen molar-refractivity contribution in [3.05, 3.63) is 34.1 Å². The molecule has 4 heteroatoms. The van der Waals surface area contributed by atoms with Crippen LogP contribution in [0.3, 0.4) is 0 Å². The third-order valence-corrected chi connectivity index (χ3v) is 2.04. The lowest BCUT2D eigenvalue weighted by Gasteiger charge is -2.03. The van der Waals surface area contributed by atoms with Crippen LogP contribution in [0, 0.1) is 5.82 Å². The van der Waals surface area contributed by atoms with Crippen molar-refractivity contribution >= 4 is 22.2 Å². The predicted molar refractivity (Wildman–Crippen MR) is 51.9 cm³/mol. The Morgan fingerprint density at radius 2 is 2.31 bits per heavy atom. The molecule has 0 unspecified atom stereocenters. The highest BCUT2D eigenvalue weighted by atomic mass is 79.9. The fourth-order valence-corrected chi connectivity index (χ4v) is 1.35.